The van der Waals surface area contributed by atoms with Crippen LogP contribution in [0.3, 0.4) is 0 Å². The Labute approximate surface area is 200 Å². The van der Waals surface area contributed by atoms with E-state index in [1.807, 2.05) is 35.7 Å². The fraction of sp³-hybridized carbons (Fsp3) is 0.480. The van der Waals surface area contributed by atoms with Crippen molar-refractivity contribution in [3.8, 4) is 0 Å². The van der Waals surface area contributed by atoms with Gasteiger partial charge in [0.15, 0.2) is 5.65 Å². The molecule has 2 atom stereocenters. The molecule has 1 aliphatic carbocycles. The second kappa shape index (κ2) is 8.46. The van der Waals surface area contributed by atoms with Crippen molar-refractivity contribution in [1.82, 2.24) is 24.2 Å². The number of aryl methyl sites for hydroxylation is 1. The molecule has 1 saturated carbocycles. The van der Waals surface area contributed by atoms with Crippen LogP contribution in [0.25, 0.3) is 5.65 Å². The molecule has 3 aromatic rings. The fourth-order valence-electron chi connectivity index (χ4n) is 5.06. The summed E-state index contributed by atoms with van der Waals surface area (Å²) in [5, 5.41) is 4.84. The van der Waals surface area contributed by atoms with Crippen LogP contribution < -0.4 is 4.72 Å². The summed E-state index contributed by atoms with van der Waals surface area (Å²) in [6, 6.07) is 12.9. The summed E-state index contributed by atoms with van der Waals surface area (Å²) in [4.78, 5) is 20.7. The summed E-state index contributed by atoms with van der Waals surface area (Å²) in [6.07, 6.45) is 6.06. The number of rotatable bonds is 6. The van der Waals surface area contributed by atoms with E-state index < -0.39 is 15.6 Å². The van der Waals surface area contributed by atoms with E-state index in [9.17, 15) is 13.2 Å². The van der Waals surface area contributed by atoms with Crippen molar-refractivity contribution in [3.63, 3.8) is 0 Å². The maximum Gasteiger partial charge on any atom is 0.248 e. The molecule has 0 spiro atoms. The highest BCUT2D eigenvalue weighted by atomic mass is 32.2. The van der Waals surface area contributed by atoms with Crippen LogP contribution in [0.1, 0.15) is 73.6 Å². The molecule has 1 unspecified atom stereocenters. The second-order valence-corrected chi connectivity index (χ2v) is 11.6. The van der Waals surface area contributed by atoms with Gasteiger partial charge in [-0.2, -0.15) is 9.82 Å². The molecule has 1 amide bonds. The molecule has 1 N–H and O–H groups in total. The second-order valence-electron chi connectivity index (χ2n) is 9.81. The predicted octanol–water partition coefficient (Wildman–Crippen LogP) is 3.43. The molecule has 5 rings (SSSR count). The van der Waals surface area contributed by atoms with E-state index in [1.54, 1.807) is 24.0 Å². The van der Waals surface area contributed by atoms with E-state index in [0.717, 1.165) is 48.2 Å². The molecule has 9 heteroatoms. The van der Waals surface area contributed by atoms with Crippen LogP contribution in [0.2, 0.25) is 0 Å². The van der Waals surface area contributed by atoms with Gasteiger partial charge in [-0.05, 0) is 57.6 Å². The minimum Gasteiger partial charge on any atom is -0.332 e. The topological polar surface area (TPSA) is 96.7 Å². The lowest BCUT2D eigenvalue weighted by molar-refractivity contribution is -0.141. The standard InChI is InChI=1S/C25H31N5O3S/c1-17-15-20(18-12-13-18)26-23-16-21(27-30(17)23)22-11-7-8-14-29(22)24(31)25(2,28-34(3,32)33)19-9-5-4-6-10-19/h4-6,9-10,15-16,18,22,28H,7-8,11-14H2,1-3H3/t22-,25?/m0/s1. The zero-order chi connectivity index (χ0) is 24.1. The van der Waals surface area contributed by atoms with Gasteiger partial charge in [0, 0.05) is 29.9 Å². The Morgan fingerprint density at radius 2 is 1.82 bits per heavy atom. The van der Waals surface area contributed by atoms with Crippen LogP contribution in [0, 0.1) is 6.92 Å². The molecule has 1 aromatic carbocycles. The average Bonchev–Trinajstić information content (AvgIpc) is 3.57. The Balaban J connectivity index is 1.54. The number of hydrogen-bond acceptors (Lipinski definition) is 5. The van der Waals surface area contributed by atoms with Crippen molar-refractivity contribution < 1.29 is 13.2 Å². The average molecular weight is 482 g/mol. The zero-order valence-corrected chi connectivity index (χ0v) is 20.7. The number of nitrogens with one attached hydrogen (secondary N) is 1. The van der Waals surface area contributed by atoms with Crippen molar-refractivity contribution in [3.05, 3.63) is 65.1 Å². The number of fused-ring (bicyclic) bond motifs is 1. The normalized spacial score (nSPS) is 20.9. The number of aromatic nitrogens is 3. The summed E-state index contributed by atoms with van der Waals surface area (Å²) in [6.45, 7) is 4.23. The van der Waals surface area contributed by atoms with Crippen molar-refractivity contribution in [2.45, 2.75) is 63.5 Å². The first-order valence-corrected chi connectivity index (χ1v) is 13.8. The maximum atomic E-state index is 14.1. The fourth-order valence-corrected chi connectivity index (χ4v) is 6.00. The van der Waals surface area contributed by atoms with Gasteiger partial charge in [0.25, 0.3) is 0 Å². The third kappa shape index (κ3) is 4.34. The largest absolute Gasteiger partial charge is 0.332 e. The Morgan fingerprint density at radius 1 is 1.09 bits per heavy atom. The lowest BCUT2D eigenvalue weighted by Gasteiger charge is -2.41. The van der Waals surface area contributed by atoms with Crippen molar-refractivity contribution in [2.24, 2.45) is 0 Å². The van der Waals surface area contributed by atoms with Gasteiger partial charge < -0.3 is 4.90 Å². The summed E-state index contributed by atoms with van der Waals surface area (Å²) >= 11 is 0. The molecule has 34 heavy (non-hydrogen) atoms. The Morgan fingerprint density at radius 3 is 2.50 bits per heavy atom. The van der Waals surface area contributed by atoms with Crippen LogP contribution >= 0.6 is 0 Å². The van der Waals surface area contributed by atoms with Gasteiger partial charge in [-0.15, -0.1) is 0 Å². The molecule has 1 saturated heterocycles. The molecule has 0 radical (unpaired) electrons. The van der Waals surface area contributed by atoms with E-state index in [4.69, 9.17) is 10.1 Å². The molecular weight excluding hydrogens is 450 g/mol. The maximum absolute atomic E-state index is 14.1. The van der Waals surface area contributed by atoms with Gasteiger partial charge in [0.1, 0.15) is 5.54 Å². The summed E-state index contributed by atoms with van der Waals surface area (Å²) in [5.41, 5.74) is 2.93. The molecule has 2 aromatic heterocycles. The number of carbonyl (C=O) groups is 1. The van der Waals surface area contributed by atoms with Crippen LogP contribution in [0.5, 0.6) is 0 Å². The monoisotopic (exact) mass is 481 g/mol. The smallest absolute Gasteiger partial charge is 0.248 e. The van der Waals surface area contributed by atoms with E-state index >= 15 is 0 Å². The highest BCUT2D eigenvalue weighted by Crippen LogP contribution is 2.40. The highest BCUT2D eigenvalue weighted by Gasteiger charge is 2.44. The van der Waals surface area contributed by atoms with Crippen LogP contribution in [-0.2, 0) is 20.4 Å². The number of piperidine rings is 1. The Kier molecular flexibility index (Phi) is 5.72. The molecule has 8 nitrogen and oxygen atoms in total. The minimum absolute atomic E-state index is 0.240. The molecule has 2 fully saturated rings. The summed E-state index contributed by atoms with van der Waals surface area (Å²) < 4.78 is 29.1. The van der Waals surface area contributed by atoms with Gasteiger partial charge in [0.05, 0.1) is 18.0 Å². The Bertz CT molecular complexity index is 1330. The molecule has 1 aliphatic heterocycles. The van der Waals surface area contributed by atoms with Gasteiger partial charge in [-0.3, -0.25) is 4.79 Å². The number of hydrogen-bond donors (Lipinski definition) is 1. The quantitative estimate of drug-likeness (QED) is 0.582. The van der Waals surface area contributed by atoms with Crippen LogP contribution in [0.15, 0.2) is 42.5 Å². The number of nitrogens with zero attached hydrogens (tertiary/aromatic N) is 4. The van der Waals surface area contributed by atoms with Crippen molar-refractivity contribution >= 4 is 21.6 Å². The number of carbonyl (C=O) groups excluding carboxylic acids is 1. The number of amides is 1. The van der Waals surface area contributed by atoms with Gasteiger partial charge >= 0.3 is 0 Å². The molecule has 3 heterocycles. The number of likely N-dealkylation sites (tertiary alicyclic amines) is 1. The van der Waals surface area contributed by atoms with E-state index in [0.29, 0.717) is 18.0 Å². The number of sulfonamides is 1. The minimum atomic E-state index is -3.66. The van der Waals surface area contributed by atoms with Crippen molar-refractivity contribution in [2.75, 3.05) is 12.8 Å². The highest BCUT2D eigenvalue weighted by molar-refractivity contribution is 7.88. The lowest BCUT2D eigenvalue weighted by atomic mass is 9.89. The summed E-state index contributed by atoms with van der Waals surface area (Å²) in [5.74, 6) is 0.276. The van der Waals surface area contributed by atoms with E-state index in [-0.39, 0.29) is 11.9 Å². The SMILES string of the molecule is Cc1cc(C2CC2)nc2cc([C@@H]3CCCCN3C(=O)C(C)(NS(C)(=O)=O)c3ccccc3)nn12. The first-order chi connectivity index (χ1) is 16.2. The third-order valence-corrected chi connectivity index (χ3v) is 7.69. The van der Waals surface area contributed by atoms with E-state index in [2.05, 4.69) is 10.8 Å². The predicted molar refractivity (Wildman–Crippen MR) is 130 cm³/mol. The van der Waals surface area contributed by atoms with Gasteiger partial charge in [-0.25, -0.2) is 17.9 Å². The summed E-state index contributed by atoms with van der Waals surface area (Å²) in [7, 11) is -3.66. The van der Waals surface area contributed by atoms with Gasteiger partial charge in [0.2, 0.25) is 15.9 Å². The van der Waals surface area contributed by atoms with Crippen molar-refractivity contribution in [1.29, 1.82) is 0 Å². The Hall–Kier alpha value is -2.78. The zero-order valence-electron chi connectivity index (χ0n) is 19.9. The molecule has 0 bridgehead atoms. The molecule has 180 valence electrons. The van der Waals surface area contributed by atoms with Crippen LogP contribution in [0.4, 0.5) is 0 Å². The van der Waals surface area contributed by atoms with Crippen LogP contribution in [-0.4, -0.2) is 46.6 Å². The number of benzene rings is 1. The molecular formula is C25H31N5O3S. The molecule has 2 aliphatic rings. The van der Waals surface area contributed by atoms with E-state index in [1.165, 1.54) is 12.8 Å². The first kappa shape index (κ1) is 23.0. The van der Waals surface area contributed by atoms with Gasteiger partial charge in [-0.1, -0.05) is 30.3 Å². The third-order valence-electron chi connectivity index (χ3n) is 6.91. The lowest BCUT2D eigenvalue weighted by Crippen LogP contribution is -2.56. The first-order valence-electron chi connectivity index (χ1n) is 11.9.